The van der Waals surface area contributed by atoms with Gasteiger partial charge in [0.2, 0.25) is 0 Å². The Morgan fingerprint density at radius 1 is 1.12 bits per heavy atom. The molecule has 1 saturated heterocycles. The molecule has 0 aromatic heterocycles. The molecule has 0 amide bonds. The molecule has 7 heteroatoms. The van der Waals surface area contributed by atoms with Crippen molar-refractivity contribution in [2.75, 3.05) is 13.7 Å². The summed E-state index contributed by atoms with van der Waals surface area (Å²) >= 11 is -4.59. The van der Waals surface area contributed by atoms with Gasteiger partial charge in [0.15, 0.2) is 0 Å². The van der Waals surface area contributed by atoms with Crippen LogP contribution in [-0.2, 0) is 26.6 Å². The van der Waals surface area contributed by atoms with E-state index in [0.29, 0.717) is 11.1 Å². The van der Waals surface area contributed by atoms with Crippen LogP contribution in [0.1, 0.15) is 32.1 Å². The van der Waals surface area contributed by atoms with Gasteiger partial charge in [-0.2, -0.15) is 0 Å². The van der Waals surface area contributed by atoms with Crippen molar-refractivity contribution in [1.29, 1.82) is 0 Å². The number of ether oxygens (including phenoxy) is 4. The maximum atomic E-state index is 13.2. The molecule has 142 valence electrons. The molecule has 1 saturated carbocycles. The number of hydrogen-bond donors (Lipinski definition) is 0. The van der Waals surface area contributed by atoms with E-state index in [1.807, 2.05) is 0 Å². The number of methoxy groups -OCH3 is 1. The summed E-state index contributed by atoms with van der Waals surface area (Å²) in [6.45, 7) is 0.334. The van der Waals surface area contributed by atoms with Crippen molar-refractivity contribution in [2.45, 2.75) is 56.4 Å². The van der Waals surface area contributed by atoms with Gasteiger partial charge in [0.05, 0.1) is 0 Å². The molecular formula is C19H24O6Se. The maximum absolute atomic E-state index is 13.2. The molecule has 1 aromatic carbocycles. The van der Waals surface area contributed by atoms with E-state index >= 15 is 0 Å². The first-order valence-corrected chi connectivity index (χ1v) is 12.2. The van der Waals surface area contributed by atoms with Crippen LogP contribution in [-0.4, -0.2) is 50.7 Å². The van der Waals surface area contributed by atoms with E-state index in [1.54, 1.807) is 36.4 Å². The molecule has 3 aliphatic rings. The summed E-state index contributed by atoms with van der Waals surface area (Å²) in [7, 11) is 1.50. The summed E-state index contributed by atoms with van der Waals surface area (Å²) in [5.41, 5.74) is 0. The van der Waals surface area contributed by atoms with Crippen molar-refractivity contribution in [2.24, 2.45) is 0 Å². The zero-order valence-corrected chi connectivity index (χ0v) is 16.5. The van der Waals surface area contributed by atoms with Gasteiger partial charge in [0, 0.05) is 0 Å². The third-order valence-electron chi connectivity index (χ3n) is 5.29. The third-order valence-corrected chi connectivity index (χ3v) is 9.24. The summed E-state index contributed by atoms with van der Waals surface area (Å²) < 4.78 is 50.3. The first-order valence-electron chi connectivity index (χ1n) is 9.06. The second-order valence-corrected chi connectivity index (χ2v) is 11.1. The third kappa shape index (κ3) is 3.28. The molecule has 1 aliphatic carbocycles. The molecule has 2 heterocycles. The molecule has 1 aromatic rings. The van der Waals surface area contributed by atoms with Crippen molar-refractivity contribution in [3.8, 4) is 0 Å². The van der Waals surface area contributed by atoms with Crippen molar-refractivity contribution in [1.82, 2.24) is 0 Å². The van der Waals surface area contributed by atoms with Gasteiger partial charge < -0.3 is 0 Å². The fourth-order valence-electron chi connectivity index (χ4n) is 3.93. The molecule has 26 heavy (non-hydrogen) atoms. The predicted octanol–water partition coefficient (Wildman–Crippen LogP) is 2.11. The zero-order chi connectivity index (χ0) is 18.2. The summed E-state index contributed by atoms with van der Waals surface area (Å²) in [5.74, 6) is -0.576. The molecule has 1 spiro atoms. The van der Waals surface area contributed by atoms with E-state index in [4.69, 9.17) is 18.9 Å². The molecule has 6 nitrogen and oxygen atoms in total. The zero-order valence-electron chi connectivity index (χ0n) is 14.8. The van der Waals surface area contributed by atoms with Crippen molar-refractivity contribution >= 4 is 17.2 Å². The van der Waals surface area contributed by atoms with Crippen molar-refractivity contribution < 1.29 is 26.6 Å². The van der Waals surface area contributed by atoms with E-state index in [9.17, 15) is 7.67 Å². The molecule has 0 bridgehead atoms. The number of rotatable bonds is 4. The summed E-state index contributed by atoms with van der Waals surface area (Å²) in [4.78, 5) is 0. The van der Waals surface area contributed by atoms with E-state index in [1.165, 1.54) is 13.5 Å². The van der Waals surface area contributed by atoms with Gasteiger partial charge in [0.1, 0.15) is 0 Å². The Labute approximate surface area is 155 Å². The molecular weight excluding hydrogens is 403 g/mol. The molecule has 2 fully saturated rings. The first-order chi connectivity index (χ1) is 12.5. The quantitative estimate of drug-likeness (QED) is 0.686. The molecule has 0 N–H and O–H groups in total. The second kappa shape index (κ2) is 7.15. The monoisotopic (exact) mass is 428 g/mol. The number of benzene rings is 1. The summed E-state index contributed by atoms with van der Waals surface area (Å²) in [6, 6.07) is 8.48. The van der Waals surface area contributed by atoms with E-state index in [0.717, 1.165) is 25.7 Å². The van der Waals surface area contributed by atoms with Gasteiger partial charge >= 0.3 is 155 Å². The second-order valence-electron chi connectivity index (χ2n) is 6.98. The normalized spacial score (nSPS) is 31.3. The van der Waals surface area contributed by atoms with Gasteiger partial charge in [-0.25, -0.2) is 0 Å². The molecule has 2 aliphatic heterocycles. The van der Waals surface area contributed by atoms with Gasteiger partial charge in [-0.1, -0.05) is 0 Å². The summed E-state index contributed by atoms with van der Waals surface area (Å²) in [6.07, 6.45) is 4.74. The molecule has 3 atom stereocenters. The fraction of sp³-hybridized carbons (Fsp3) is 0.579. The predicted molar refractivity (Wildman–Crippen MR) is 93.6 cm³/mol. The molecule has 1 unspecified atom stereocenters. The van der Waals surface area contributed by atoms with Crippen LogP contribution in [0, 0.1) is 0 Å². The van der Waals surface area contributed by atoms with Crippen LogP contribution in [0.15, 0.2) is 40.9 Å². The minimum absolute atomic E-state index is 0.265. The van der Waals surface area contributed by atoms with E-state index < -0.39 is 37.0 Å². The van der Waals surface area contributed by atoms with Crippen LogP contribution in [0.4, 0.5) is 0 Å². The van der Waals surface area contributed by atoms with Gasteiger partial charge in [-0.3, -0.25) is 0 Å². The van der Waals surface area contributed by atoms with E-state index in [2.05, 4.69) is 0 Å². The van der Waals surface area contributed by atoms with Crippen LogP contribution < -0.4 is 4.46 Å². The van der Waals surface area contributed by atoms with Crippen LogP contribution in [0.25, 0.3) is 0 Å². The Hall–Kier alpha value is -1.08. The standard InChI is InChI=1S/C19H24O6Se/c1-22-17-12-16(26(20,21)14-8-4-2-5-9-14)18(24-17)15-13-23-19(25-15)10-6-3-7-11-19/h2,4-5,8-9,12,15,17-18H,3,6-7,10-11,13H2,1H3/t15?,17-,18+/m0/s1. The van der Waals surface area contributed by atoms with Gasteiger partial charge in [-0.15, -0.1) is 0 Å². The van der Waals surface area contributed by atoms with Crippen LogP contribution in [0.3, 0.4) is 0 Å². The fourth-order valence-corrected chi connectivity index (χ4v) is 7.27. The first kappa shape index (κ1) is 18.3. The average Bonchev–Trinajstić information content (AvgIpc) is 3.28. The van der Waals surface area contributed by atoms with Crippen LogP contribution in [0.5, 0.6) is 0 Å². The van der Waals surface area contributed by atoms with E-state index in [-0.39, 0.29) is 4.47 Å². The Bertz CT molecular complexity index is 766. The SMILES string of the molecule is CO[C@@H]1C=C([Se](=O)(=O)c2ccccc2)[C@@H](C2COC3(CCCCC3)O2)O1. The molecule has 0 radical (unpaired) electrons. The number of hydrogen-bond acceptors (Lipinski definition) is 6. The van der Waals surface area contributed by atoms with Crippen LogP contribution in [0.2, 0.25) is 0 Å². The van der Waals surface area contributed by atoms with Crippen molar-refractivity contribution in [3.63, 3.8) is 0 Å². The average molecular weight is 427 g/mol. The molecule has 4 rings (SSSR count). The van der Waals surface area contributed by atoms with Gasteiger partial charge in [-0.05, 0) is 0 Å². The minimum atomic E-state index is -4.59. The summed E-state index contributed by atoms with van der Waals surface area (Å²) in [5, 5.41) is 0. The van der Waals surface area contributed by atoms with Gasteiger partial charge in [0.25, 0.3) is 0 Å². The van der Waals surface area contributed by atoms with Crippen molar-refractivity contribution in [3.05, 3.63) is 40.9 Å². The Morgan fingerprint density at radius 2 is 1.85 bits per heavy atom. The Morgan fingerprint density at radius 3 is 2.54 bits per heavy atom. The Balaban J connectivity index is 1.61. The topological polar surface area (TPSA) is 71.1 Å². The van der Waals surface area contributed by atoms with Crippen LogP contribution >= 0.6 is 0 Å². The Kier molecular flexibility index (Phi) is 5.03.